The molecular weight excluding hydrogens is 316 g/mol. The number of nitrogens with one attached hydrogen (secondary N) is 1. The van der Waals surface area contributed by atoms with Crippen molar-refractivity contribution in [1.82, 2.24) is 4.90 Å². The van der Waals surface area contributed by atoms with E-state index in [1.54, 1.807) is 7.11 Å². The van der Waals surface area contributed by atoms with Crippen LogP contribution in [0.5, 0.6) is 5.75 Å². The van der Waals surface area contributed by atoms with E-state index in [2.05, 4.69) is 12.1 Å². The Kier molecular flexibility index (Phi) is 5.74. The molecular formula is C20H29N2O3+. The summed E-state index contributed by atoms with van der Waals surface area (Å²) < 4.78 is 5.20. The highest BCUT2D eigenvalue weighted by atomic mass is 16.5. The van der Waals surface area contributed by atoms with Crippen LogP contribution in [0.4, 0.5) is 0 Å². The second kappa shape index (κ2) is 8.00. The molecule has 2 saturated heterocycles. The highest BCUT2D eigenvalue weighted by Crippen LogP contribution is 2.20. The molecule has 0 spiro atoms. The number of methoxy groups -OCH3 is 1. The minimum absolute atomic E-state index is 0.00614. The number of likely N-dealkylation sites (N-methyl/N-ethyl adjacent to an activating group) is 1. The van der Waals surface area contributed by atoms with Gasteiger partial charge in [0.2, 0.25) is 5.91 Å². The summed E-state index contributed by atoms with van der Waals surface area (Å²) in [6, 6.07) is 8.19. The van der Waals surface area contributed by atoms with E-state index in [0.29, 0.717) is 13.0 Å². The lowest BCUT2D eigenvalue weighted by molar-refractivity contribution is -0.921. The van der Waals surface area contributed by atoms with Gasteiger partial charge >= 0.3 is 0 Å². The molecule has 2 heterocycles. The molecule has 136 valence electrons. The van der Waals surface area contributed by atoms with Gasteiger partial charge in [-0.05, 0) is 56.2 Å². The first-order valence-corrected chi connectivity index (χ1v) is 9.44. The molecule has 5 nitrogen and oxygen atoms in total. The van der Waals surface area contributed by atoms with Gasteiger partial charge in [-0.1, -0.05) is 12.1 Å². The average Bonchev–Trinajstić information content (AvgIpc) is 2.94. The number of carbonyl (C=O) groups is 2. The van der Waals surface area contributed by atoms with Gasteiger partial charge in [-0.2, -0.15) is 0 Å². The number of hydrogen-bond donors (Lipinski definition) is 1. The van der Waals surface area contributed by atoms with E-state index in [1.165, 1.54) is 21.8 Å². The lowest BCUT2D eigenvalue weighted by Gasteiger charge is -2.32. The molecule has 1 aromatic rings. The number of carbonyl (C=O) groups excluding carboxylic acids is 2. The first-order valence-electron chi connectivity index (χ1n) is 9.44. The normalized spacial score (nSPS) is 27.0. The Morgan fingerprint density at radius 2 is 1.84 bits per heavy atom. The maximum atomic E-state index is 12.4. The zero-order valence-electron chi connectivity index (χ0n) is 15.3. The SMILES string of the molecule is CCN1C(=O)C[C@@H]([NH+]2CCC(CCc3ccc(OC)cc3)CC2)C1=O. The zero-order chi connectivity index (χ0) is 17.8. The Hall–Kier alpha value is -1.88. The largest absolute Gasteiger partial charge is 0.497 e. The van der Waals surface area contributed by atoms with Gasteiger partial charge in [-0.25, -0.2) is 0 Å². The zero-order valence-corrected chi connectivity index (χ0v) is 15.3. The van der Waals surface area contributed by atoms with Gasteiger partial charge in [-0.15, -0.1) is 0 Å². The molecule has 1 N–H and O–H groups in total. The van der Waals surface area contributed by atoms with Gasteiger partial charge in [0.05, 0.1) is 26.6 Å². The van der Waals surface area contributed by atoms with E-state index in [4.69, 9.17) is 4.74 Å². The van der Waals surface area contributed by atoms with E-state index in [1.807, 2.05) is 19.1 Å². The minimum atomic E-state index is -0.130. The Morgan fingerprint density at radius 1 is 1.16 bits per heavy atom. The van der Waals surface area contributed by atoms with Crippen LogP contribution in [0.3, 0.4) is 0 Å². The monoisotopic (exact) mass is 345 g/mol. The number of quaternary nitrogens is 1. The summed E-state index contributed by atoms with van der Waals surface area (Å²) in [5.74, 6) is 1.67. The molecule has 2 fully saturated rings. The van der Waals surface area contributed by atoms with Crippen LogP contribution >= 0.6 is 0 Å². The predicted molar refractivity (Wildman–Crippen MR) is 95.5 cm³/mol. The molecule has 0 unspecified atom stereocenters. The molecule has 2 amide bonds. The second-order valence-corrected chi connectivity index (χ2v) is 7.22. The van der Waals surface area contributed by atoms with Crippen molar-refractivity contribution < 1.29 is 19.2 Å². The van der Waals surface area contributed by atoms with Crippen molar-refractivity contribution in [3.63, 3.8) is 0 Å². The van der Waals surface area contributed by atoms with Crippen molar-refractivity contribution >= 4 is 11.8 Å². The molecule has 0 saturated carbocycles. The van der Waals surface area contributed by atoms with Gasteiger partial charge in [0.1, 0.15) is 5.75 Å². The average molecular weight is 345 g/mol. The summed E-state index contributed by atoms with van der Waals surface area (Å²) in [6.07, 6.45) is 4.98. The third-order valence-corrected chi connectivity index (χ3v) is 5.80. The molecule has 0 radical (unpaired) electrons. The number of hydrogen-bond acceptors (Lipinski definition) is 3. The number of piperidine rings is 1. The van der Waals surface area contributed by atoms with Crippen molar-refractivity contribution in [1.29, 1.82) is 0 Å². The number of amides is 2. The maximum Gasteiger partial charge on any atom is 0.287 e. The number of benzene rings is 1. The number of ether oxygens (including phenoxy) is 1. The first-order chi connectivity index (χ1) is 12.1. The van der Waals surface area contributed by atoms with Gasteiger partial charge in [0.15, 0.2) is 6.04 Å². The van der Waals surface area contributed by atoms with Gasteiger partial charge in [0, 0.05) is 6.54 Å². The highest BCUT2D eigenvalue weighted by molar-refractivity contribution is 6.04. The Balaban J connectivity index is 1.45. The van der Waals surface area contributed by atoms with Crippen LogP contribution < -0.4 is 9.64 Å². The van der Waals surface area contributed by atoms with Gasteiger partial charge in [-0.3, -0.25) is 14.5 Å². The van der Waals surface area contributed by atoms with Gasteiger partial charge in [0.25, 0.3) is 5.91 Å². The molecule has 1 aromatic carbocycles. The van der Waals surface area contributed by atoms with E-state index in [-0.39, 0.29) is 17.9 Å². The van der Waals surface area contributed by atoms with Gasteiger partial charge < -0.3 is 9.64 Å². The van der Waals surface area contributed by atoms with Crippen LogP contribution in [0, 0.1) is 5.92 Å². The van der Waals surface area contributed by atoms with Crippen molar-refractivity contribution in [2.24, 2.45) is 5.92 Å². The summed E-state index contributed by atoms with van der Waals surface area (Å²) in [6.45, 7) is 4.40. The number of rotatable bonds is 6. The fraction of sp³-hybridized carbons (Fsp3) is 0.600. The van der Waals surface area contributed by atoms with Crippen molar-refractivity contribution in [2.45, 2.75) is 45.1 Å². The molecule has 1 atom stereocenters. The molecule has 5 heteroatoms. The summed E-state index contributed by atoms with van der Waals surface area (Å²) in [5, 5.41) is 0. The molecule has 25 heavy (non-hydrogen) atoms. The number of aryl methyl sites for hydroxylation is 1. The summed E-state index contributed by atoms with van der Waals surface area (Å²) in [7, 11) is 1.69. The van der Waals surface area contributed by atoms with Crippen LogP contribution in [-0.4, -0.2) is 49.5 Å². The van der Waals surface area contributed by atoms with Crippen LogP contribution in [0.1, 0.15) is 38.2 Å². The maximum absolute atomic E-state index is 12.4. The van der Waals surface area contributed by atoms with Crippen LogP contribution in [0.2, 0.25) is 0 Å². The van der Waals surface area contributed by atoms with Crippen LogP contribution in [0.15, 0.2) is 24.3 Å². The summed E-state index contributed by atoms with van der Waals surface area (Å²) in [5.41, 5.74) is 1.35. The topological polar surface area (TPSA) is 51.1 Å². The van der Waals surface area contributed by atoms with Crippen molar-refractivity contribution in [3.8, 4) is 5.75 Å². The van der Waals surface area contributed by atoms with E-state index in [0.717, 1.165) is 44.0 Å². The first kappa shape index (κ1) is 17.9. The van der Waals surface area contributed by atoms with E-state index >= 15 is 0 Å². The molecule has 0 aliphatic carbocycles. The fourth-order valence-corrected chi connectivity index (χ4v) is 4.18. The summed E-state index contributed by atoms with van der Waals surface area (Å²) in [4.78, 5) is 27.0. The molecule has 2 aliphatic rings. The van der Waals surface area contributed by atoms with Crippen LogP contribution in [-0.2, 0) is 16.0 Å². The second-order valence-electron chi connectivity index (χ2n) is 7.22. The van der Waals surface area contributed by atoms with Crippen molar-refractivity contribution in [3.05, 3.63) is 29.8 Å². The highest BCUT2D eigenvalue weighted by Gasteiger charge is 2.44. The quantitative estimate of drug-likeness (QED) is 0.785. The Bertz CT molecular complexity index is 606. The Morgan fingerprint density at radius 3 is 2.40 bits per heavy atom. The lowest BCUT2D eigenvalue weighted by Crippen LogP contribution is -3.17. The van der Waals surface area contributed by atoms with E-state index in [9.17, 15) is 9.59 Å². The molecule has 2 aliphatic heterocycles. The number of nitrogens with zero attached hydrogens (tertiary/aromatic N) is 1. The Labute approximate surface area is 149 Å². The van der Waals surface area contributed by atoms with E-state index < -0.39 is 0 Å². The smallest absolute Gasteiger partial charge is 0.287 e. The van der Waals surface area contributed by atoms with Crippen molar-refractivity contribution in [2.75, 3.05) is 26.7 Å². The molecule has 0 bridgehead atoms. The number of likely N-dealkylation sites (tertiary alicyclic amines) is 2. The standard InChI is InChI=1S/C20H28N2O3/c1-3-22-19(23)14-18(20(22)24)21-12-10-16(11-13-21)5-4-15-6-8-17(25-2)9-7-15/h6-9,16,18H,3-5,10-14H2,1-2H3/p+1/t18-/m1/s1. The third kappa shape index (κ3) is 4.03. The third-order valence-electron chi connectivity index (χ3n) is 5.80. The molecule has 0 aromatic heterocycles. The number of imide groups is 1. The lowest BCUT2D eigenvalue weighted by atomic mass is 9.90. The molecule has 3 rings (SSSR count). The minimum Gasteiger partial charge on any atom is -0.497 e. The fourth-order valence-electron chi connectivity index (χ4n) is 4.18. The predicted octanol–water partition coefficient (Wildman–Crippen LogP) is 1.07. The van der Waals surface area contributed by atoms with Crippen LogP contribution in [0.25, 0.3) is 0 Å². The summed E-state index contributed by atoms with van der Waals surface area (Å²) >= 11 is 0.